The number of carbonyl (C=O) groups excluding carboxylic acids is 2. The number of hydrogen-bond acceptors (Lipinski definition) is 4. The molecule has 1 fully saturated rings. The van der Waals surface area contributed by atoms with Crippen LogP contribution in [0.5, 0.6) is 5.75 Å². The second-order valence-electron chi connectivity index (χ2n) is 4.85. The third kappa shape index (κ3) is 3.91. The lowest BCUT2D eigenvalue weighted by atomic mass is 10.2. The third-order valence-electron chi connectivity index (χ3n) is 3.27. The SMILES string of the molecule is CN1CCC(NC(=O)COc2ccc(C(N)=S)cc2)C1=O. The Balaban J connectivity index is 1.81. The second-order valence-corrected chi connectivity index (χ2v) is 5.29. The van der Waals surface area contributed by atoms with Crippen molar-refractivity contribution >= 4 is 29.0 Å². The highest BCUT2D eigenvalue weighted by Gasteiger charge is 2.30. The molecule has 1 aromatic carbocycles. The molecule has 0 aromatic heterocycles. The zero-order valence-electron chi connectivity index (χ0n) is 11.7. The van der Waals surface area contributed by atoms with Crippen LogP contribution >= 0.6 is 12.2 Å². The summed E-state index contributed by atoms with van der Waals surface area (Å²) in [4.78, 5) is 25.3. The van der Waals surface area contributed by atoms with Crippen molar-refractivity contribution in [3.8, 4) is 5.75 Å². The minimum atomic E-state index is -0.442. The standard InChI is InChI=1S/C14H17N3O3S/c1-17-7-6-11(14(17)19)16-12(18)8-20-10-4-2-9(3-5-10)13(15)21/h2-5,11H,6-8H2,1H3,(H2,15,21)(H,16,18). The fraction of sp³-hybridized carbons (Fsp3) is 0.357. The lowest BCUT2D eigenvalue weighted by Crippen LogP contribution is -2.42. The Kier molecular flexibility index (Phi) is 4.74. The van der Waals surface area contributed by atoms with Crippen molar-refractivity contribution in [3.05, 3.63) is 29.8 Å². The minimum absolute atomic E-state index is 0.0656. The summed E-state index contributed by atoms with van der Waals surface area (Å²) in [5, 5.41) is 2.66. The molecule has 0 spiro atoms. The second kappa shape index (κ2) is 6.53. The molecule has 1 aliphatic heterocycles. The van der Waals surface area contributed by atoms with Crippen molar-refractivity contribution in [2.75, 3.05) is 20.2 Å². The number of hydrogen-bond donors (Lipinski definition) is 2. The number of ether oxygens (including phenoxy) is 1. The van der Waals surface area contributed by atoms with Gasteiger partial charge in [-0.25, -0.2) is 0 Å². The largest absolute Gasteiger partial charge is 0.484 e. The minimum Gasteiger partial charge on any atom is -0.484 e. The van der Waals surface area contributed by atoms with Crippen LogP contribution in [0.1, 0.15) is 12.0 Å². The van der Waals surface area contributed by atoms with Gasteiger partial charge in [-0.2, -0.15) is 0 Å². The van der Waals surface area contributed by atoms with E-state index in [1.165, 1.54) is 0 Å². The normalized spacial score (nSPS) is 17.7. The third-order valence-corrected chi connectivity index (χ3v) is 3.51. The highest BCUT2D eigenvalue weighted by molar-refractivity contribution is 7.80. The van der Waals surface area contributed by atoms with Crippen LogP contribution in [-0.2, 0) is 9.59 Å². The van der Waals surface area contributed by atoms with E-state index in [1.54, 1.807) is 36.2 Å². The predicted octanol–water partition coefficient (Wildman–Crippen LogP) is 0.0465. The van der Waals surface area contributed by atoms with Gasteiger partial charge in [0.15, 0.2) is 6.61 Å². The van der Waals surface area contributed by atoms with Crippen molar-refractivity contribution in [2.45, 2.75) is 12.5 Å². The first-order valence-corrected chi connectivity index (χ1v) is 6.95. The Morgan fingerprint density at radius 3 is 2.67 bits per heavy atom. The van der Waals surface area contributed by atoms with Crippen LogP contribution in [0.4, 0.5) is 0 Å². The van der Waals surface area contributed by atoms with Crippen molar-refractivity contribution in [1.82, 2.24) is 10.2 Å². The summed E-state index contributed by atoms with van der Waals surface area (Å²) in [5.41, 5.74) is 6.23. The van der Waals surface area contributed by atoms with E-state index in [4.69, 9.17) is 22.7 Å². The molecule has 1 aromatic rings. The summed E-state index contributed by atoms with van der Waals surface area (Å²) in [6, 6.07) is 6.39. The molecule has 0 saturated carbocycles. The van der Waals surface area contributed by atoms with Gasteiger partial charge in [-0.1, -0.05) is 12.2 Å². The van der Waals surface area contributed by atoms with E-state index in [-0.39, 0.29) is 18.4 Å². The molecule has 2 amide bonds. The van der Waals surface area contributed by atoms with Crippen molar-refractivity contribution in [1.29, 1.82) is 0 Å². The number of benzene rings is 1. The van der Waals surface area contributed by atoms with E-state index < -0.39 is 6.04 Å². The zero-order valence-corrected chi connectivity index (χ0v) is 12.5. The van der Waals surface area contributed by atoms with Crippen LogP contribution in [0, 0.1) is 0 Å². The molecule has 1 saturated heterocycles. The maximum Gasteiger partial charge on any atom is 0.258 e. The van der Waals surface area contributed by atoms with Crippen molar-refractivity contribution in [3.63, 3.8) is 0 Å². The summed E-state index contributed by atoms with van der Waals surface area (Å²) in [6.07, 6.45) is 0.629. The smallest absolute Gasteiger partial charge is 0.258 e. The average Bonchev–Trinajstić information content (AvgIpc) is 2.77. The van der Waals surface area contributed by atoms with Gasteiger partial charge in [0.25, 0.3) is 5.91 Å². The van der Waals surface area contributed by atoms with Gasteiger partial charge < -0.3 is 20.7 Å². The predicted molar refractivity (Wildman–Crippen MR) is 82.0 cm³/mol. The molecule has 6 nitrogen and oxygen atoms in total. The number of carbonyl (C=O) groups is 2. The number of likely N-dealkylation sites (N-methyl/N-ethyl adjacent to an activating group) is 1. The quantitative estimate of drug-likeness (QED) is 0.751. The van der Waals surface area contributed by atoms with Gasteiger partial charge in [0, 0.05) is 19.2 Å². The molecule has 0 aliphatic carbocycles. The molecule has 1 unspecified atom stereocenters. The topological polar surface area (TPSA) is 84.7 Å². The first-order chi connectivity index (χ1) is 9.97. The van der Waals surface area contributed by atoms with Gasteiger partial charge in [0.2, 0.25) is 5.91 Å². The summed E-state index contributed by atoms with van der Waals surface area (Å²) in [5.74, 6) is 0.159. The summed E-state index contributed by atoms with van der Waals surface area (Å²) in [7, 11) is 1.72. The number of nitrogens with two attached hydrogens (primary N) is 1. The summed E-state index contributed by atoms with van der Waals surface area (Å²) in [6.45, 7) is 0.519. The van der Waals surface area contributed by atoms with Gasteiger partial charge in [-0.05, 0) is 30.7 Å². The number of rotatable bonds is 5. The van der Waals surface area contributed by atoms with Crippen LogP contribution in [0.3, 0.4) is 0 Å². The molecular weight excluding hydrogens is 290 g/mol. The number of nitrogens with one attached hydrogen (secondary N) is 1. The molecule has 112 valence electrons. The Bertz CT molecular complexity index is 559. The van der Waals surface area contributed by atoms with E-state index in [2.05, 4.69) is 5.32 Å². The molecule has 2 rings (SSSR count). The Hall–Kier alpha value is -2.15. The molecule has 21 heavy (non-hydrogen) atoms. The van der Waals surface area contributed by atoms with Crippen molar-refractivity contribution in [2.24, 2.45) is 5.73 Å². The lowest BCUT2D eigenvalue weighted by molar-refractivity contribution is -0.132. The van der Waals surface area contributed by atoms with E-state index >= 15 is 0 Å². The molecule has 1 aliphatic rings. The lowest BCUT2D eigenvalue weighted by Gasteiger charge is -2.12. The Morgan fingerprint density at radius 1 is 1.48 bits per heavy atom. The molecule has 0 bridgehead atoms. The van der Waals surface area contributed by atoms with E-state index in [0.29, 0.717) is 23.7 Å². The highest BCUT2D eigenvalue weighted by Crippen LogP contribution is 2.12. The summed E-state index contributed by atoms with van der Waals surface area (Å²) < 4.78 is 5.35. The average molecular weight is 307 g/mol. The first kappa shape index (κ1) is 15.2. The van der Waals surface area contributed by atoms with Crippen LogP contribution < -0.4 is 15.8 Å². The van der Waals surface area contributed by atoms with Gasteiger partial charge in [0.05, 0.1) is 0 Å². The fourth-order valence-electron chi connectivity index (χ4n) is 2.06. The molecule has 0 radical (unpaired) electrons. The highest BCUT2D eigenvalue weighted by atomic mass is 32.1. The number of likely N-dealkylation sites (tertiary alicyclic amines) is 1. The van der Waals surface area contributed by atoms with Crippen LogP contribution in [0.25, 0.3) is 0 Å². The Morgan fingerprint density at radius 2 is 2.14 bits per heavy atom. The first-order valence-electron chi connectivity index (χ1n) is 6.54. The fourth-order valence-corrected chi connectivity index (χ4v) is 2.19. The summed E-state index contributed by atoms with van der Waals surface area (Å²) >= 11 is 4.85. The number of nitrogens with zero attached hydrogens (tertiary/aromatic N) is 1. The van der Waals surface area contributed by atoms with Gasteiger partial charge >= 0.3 is 0 Å². The molecule has 3 N–H and O–H groups in total. The van der Waals surface area contributed by atoms with E-state index in [9.17, 15) is 9.59 Å². The van der Waals surface area contributed by atoms with E-state index in [0.717, 1.165) is 5.56 Å². The van der Waals surface area contributed by atoms with Gasteiger partial charge in [-0.3, -0.25) is 9.59 Å². The van der Waals surface area contributed by atoms with Crippen molar-refractivity contribution < 1.29 is 14.3 Å². The maximum absolute atomic E-state index is 11.8. The van der Waals surface area contributed by atoms with E-state index in [1.807, 2.05) is 0 Å². The number of thiocarbonyl (C=S) groups is 1. The zero-order chi connectivity index (χ0) is 15.4. The molecular formula is C14H17N3O3S. The van der Waals surface area contributed by atoms with Crippen LogP contribution in [0.2, 0.25) is 0 Å². The maximum atomic E-state index is 11.8. The molecule has 1 atom stereocenters. The molecule has 7 heteroatoms. The molecule has 1 heterocycles. The van der Waals surface area contributed by atoms with Crippen LogP contribution in [-0.4, -0.2) is 47.9 Å². The van der Waals surface area contributed by atoms with Crippen LogP contribution in [0.15, 0.2) is 24.3 Å². The monoisotopic (exact) mass is 307 g/mol. The Labute approximate surface area is 128 Å². The van der Waals surface area contributed by atoms with Gasteiger partial charge in [0.1, 0.15) is 16.8 Å². The number of amides is 2. The van der Waals surface area contributed by atoms with Gasteiger partial charge in [-0.15, -0.1) is 0 Å².